The molecule has 2 aromatic carbocycles. The Bertz CT molecular complexity index is 587. The summed E-state index contributed by atoms with van der Waals surface area (Å²) in [6, 6.07) is 16.3. The Morgan fingerprint density at radius 3 is 2.74 bits per heavy atom. The number of nitrogens with one attached hydrogen (secondary N) is 1. The fourth-order valence-corrected chi connectivity index (χ4v) is 1.93. The maximum absolute atomic E-state index is 13.0. The molecule has 1 N–H and O–H groups in total. The third kappa shape index (κ3) is 3.90. The molecule has 0 aliphatic heterocycles. The van der Waals surface area contributed by atoms with Crippen molar-refractivity contribution in [2.75, 3.05) is 6.54 Å². The first-order valence-electron chi connectivity index (χ1n) is 6.23. The molecule has 3 heteroatoms. The summed E-state index contributed by atoms with van der Waals surface area (Å²) in [7, 11) is 0. The molecule has 0 bridgehead atoms. The second kappa shape index (κ2) is 6.67. The molecule has 0 amide bonds. The van der Waals surface area contributed by atoms with Crippen LogP contribution in [0.25, 0.3) is 0 Å². The van der Waals surface area contributed by atoms with Gasteiger partial charge in [-0.3, -0.25) is 0 Å². The van der Waals surface area contributed by atoms with Crippen molar-refractivity contribution in [2.24, 2.45) is 0 Å². The van der Waals surface area contributed by atoms with E-state index in [-0.39, 0.29) is 5.82 Å². The van der Waals surface area contributed by atoms with Crippen LogP contribution in [0.3, 0.4) is 0 Å². The number of halogens is 1. The molecule has 2 rings (SSSR count). The molecule has 0 heterocycles. The van der Waals surface area contributed by atoms with E-state index < -0.39 is 0 Å². The molecule has 2 aromatic rings. The van der Waals surface area contributed by atoms with Crippen molar-refractivity contribution in [1.29, 1.82) is 5.26 Å². The van der Waals surface area contributed by atoms with Crippen molar-refractivity contribution in [3.8, 4) is 6.07 Å². The van der Waals surface area contributed by atoms with Gasteiger partial charge in [0.15, 0.2) is 0 Å². The highest BCUT2D eigenvalue weighted by molar-refractivity contribution is 5.37. The van der Waals surface area contributed by atoms with E-state index in [2.05, 4.69) is 11.4 Å². The van der Waals surface area contributed by atoms with Crippen molar-refractivity contribution in [1.82, 2.24) is 5.32 Å². The number of rotatable bonds is 5. The average molecular weight is 254 g/mol. The van der Waals surface area contributed by atoms with Crippen molar-refractivity contribution >= 4 is 0 Å². The lowest BCUT2D eigenvalue weighted by Crippen LogP contribution is -2.17. The second-order valence-electron chi connectivity index (χ2n) is 4.33. The predicted molar refractivity (Wildman–Crippen MR) is 73.0 cm³/mol. The molecule has 0 aromatic heterocycles. The summed E-state index contributed by atoms with van der Waals surface area (Å²) in [5.74, 6) is -0.202. The summed E-state index contributed by atoms with van der Waals surface area (Å²) in [4.78, 5) is 0. The summed E-state index contributed by atoms with van der Waals surface area (Å²) in [6.45, 7) is 1.41. The second-order valence-corrected chi connectivity index (χ2v) is 4.33. The molecule has 0 unspecified atom stereocenters. The van der Waals surface area contributed by atoms with Crippen LogP contribution in [0, 0.1) is 17.1 Å². The van der Waals surface area contributed by atoms with Gasteiger partial charge in [0.05, 0.1) is 11.6 Å². The minimum absolute atomic E-state index is 0.202. The highest BCUT2D eigenvalue weighted by Crippen LogP contribution is 2.07. The largest absolute Gasteiger partial charge is 0.312 e. The molecular weight excluding hydrogens is 239 g/mol. The molecule has 2 nitrogen and oxygen atoms in total. The van der Waals surface area contributed by atoms with E-state index in [1.54, 1.807) is 12.1 Å². The molecule has 0 saturated heterocycles. The van der Waals surface area contributed by atoms with Crippen molar-refractivity contribution < 1.29 is 4.39 Å². The van der Waals surface area contributed by atoms with Crippen molar-refractivity contribution in [3.63, 3.8) is 0 Å². The molecule has 0 radical (unpaired) electrons. The highest BCUT2D eigenvalue weighted by atomic mass is 19.1. The number of nitrogens with zero attached hydrogens (tertiary/aromatic N) is 1. The van der Waals surface area contributed by atoms with E-state index in [4.69, 9.17) is 5.26 Å². The Hall–Kier alpha value is -2.18. The number of nitriles is 1. The van der Waals surface area contributed by atoms with Crippen LogP contribution in [0.15, 0.2) is 48.5 Å². The maximum Gasteiger partial charge on any atom is 0.123 e. The van der Waals surface area contributed by atoms with Gasteiger partial charge in [-0.25, -0.2) is 4.39 Å². The van der Waals surface area contributed by atoms with Gasteiger partial charge in [0.25, 0.3) is 0 Å². The SMILES string of the molecule is N#Cc1ccccc1CNCCc1cccc(F)c1. The maximum atomic E-state index is 13.0. The van der Waals surface area contributed by atoms with Gasteiger partial charge < -0.3 is 5.32 Å². The fraction of sp³-hybridized carbons (Fsp3) is 0.188. The van der Waals surface area contributed by atoms with E-state index in [1.807, 2.05) is 30.3 Å². The molecule has 0 fully saturated rings. The third-order valence-electron chi connectivity index (χ3n) is 2.93. The Kier molecular flexibility index (Phi) is 4.66. The Morgan fingerprint density at radius 2 is 1.95 bits per heavy atom. The van der Waals surface area contributed by atoms with E-state index in [1.165, 1.54) is 6.07 Å². The van der Waals surface area contributed by atoms with Crippen LogP contribution in [0.2, 0.25) is 0 Å². The van der Waals surface area contributed by atoms with Gasteiger partial charge in [-0.1, -0.05) is 30.3 Å². The summed E-state index contributed by atoms with van der Waals surface area (Å²) in [6.07, 6.45) is 0.770. The summed E-state index contributed by atoms with van der Waals surface area (Å²) in [5, 5.41) is 12.2. The molecule has 0 aliphatic rings. The van der Waals surface area contributed by atoms with Crippen LogP contribution in [-0.2, 0) is 13.0 Å². The van der Waals surface area contributed by atoms with Crippen LogP contribution in [0.5, 0.6) is 0 Å². The summed E-state index contributed by atoms with van der Waals surface area (Å²) in [5.41, 5.74) is 2.66. The van der Waals surface area contributed by atoms with Crippen molar-refractivity contribution in [3.05, 3.63) is 71.0 Å². The minimum Gasteiger partial charge on any atom is -0.312 e. The van der Waals surface area contributed by atoms with Gasteiger partial charge in [-0.15, -0.1) is 0 Å². The van der Waals surface area contributed by atoms with Gasteiger partial charge in [-0.05, 0) is 42.3 Å². The molecule has 0 spiro atoms. The van der Waals surface area contributed by atoms with Crippen molar-refractivity contribution in [2.45, 2.75) is 13.0 Å². The molecule has 96 valence electrons. The lowest BCUT2D eigenvalue weighted by molar-refractivity contribution is 0.622. The van der Waals surface area contributed by atoms with Gasteiger partial charge in [0.2, 0.25) is 0 Å². The zero-order chi connectivity index (χ0) is 13.5. The Balaban J connectivity index is 1.83. The molecule has 19 heavy (non-hydrogen) atoms. The molecule has 0 saturated carbocycles. The van der Waals surface area contributed by atoms with Gasteiger partial charge in [-0.2, -0.15) is 5.26 Å². The van der Waals surface area contributed by atoms with Gasteiger partial charge in [0, 0.05) is 6.54 Å². The van der Waals surface area contributed by atoms with Gasteiger partial charge >= 0.3 is 0 Å². The zero-order valence-corrected chi connectivity index (χ0v) is 10.6. The topological polar surface area (TPSA) is 35.8 Å². The normalized spacial score (nSPS) is 10.1. The fourth-order valence-electron chi connectivity index (χ4n) is 1.93. The lowest BCUT2D eigenvalue weighted by atomic mass is 10.1. The van der Waals surface area contributed by atoms with E-state index >= 15 is 0 Å². The zero-order valence-electron chi connectivity index (χ0n) is 10.6. The smallest absolute Gasteiger partial charge is 0.123 e. The van der Waals surface area contributed by atoms with Crippen LogP contribution in [0.4, 0.5) is 4.39 Å². The van der Waals surface area contributed by atoms with Crippen LogP contribution in [0.1, 0.15) is 16.7 Å². The highest BCUT2D eigenvalue weighted by Gasteiger charge is 2.00. The third-order valence-corrected chi connectivity index (χ3v) is 2.93. The summed E-state index contributed by atoms with van der Waals surface area (Å²) < 4.78 is 13.0. The molecular formula is C16H15FN2. The number of hydrogen-bond donors (Lipinski definition) is 1. The molecule has 0 aliphatic carbocycles. The quantitative estimate of drug-likeness (QED) is 0.832. The standard InChI is InChI=1S/C16H15FN2/c17-16-7-3-4-13(10-16)8-9-19-12-15-6-2-1-5-14(15)11-18/h1-7,10,19H,8-9,12H2. The predicted octanol–water partition coefficient (Wildman–Crippen LogP) is 3.03. The van der Waals surface area contributed by atoms with Crippen LogP contribution >= 0.6 is 0 Å². The average Bonchev–Trinajstić information content (AvgIpc) is 2.44. The Labute approximate surface area is 112 Å². The van der Waals surface area contributed by atoms with Crippen LogP contribution in [-0.4, -0.2) is 6.54 Å². The van der Waals surface area contributed by atoms with Crippen LogP contribution < -0.4 is 5.32 Å². The van der Waals surface area contributed by atoms with E-state index in [0.29, 0.717) is 12.1 Å². The first kappa shape index (κ1) is 13.3. The monoisotopic (exact) mass is 254 g/mol. The minimum atomic E-state index is -0.202. The number of benzene rings is 2. The van der Waals surface area contributed by atoms with E-state index in [9.17, 15) is 4.39 Å². The Morgan fingerprint density at radius 1 is 1.11 bits per heavy atom. The van der Waals surface area contributed by atoms with E-state index in [0.717, 1.165) is 24.1 Å². The first-order valence-corrected chi connectivity index (χ1v) is 6.23. The number of hydrogen-bond acceptors (Lipinski definition) is 2. The molecule has 0 atom stereocenters. The van der Waals surface area contributed by atoms with Gasteiger partial charge in [0.1, 0.15) is 5.82 Å². The lowest BCUT2D eigenvalue weighted by Gasteiger charge is -2.06. The first-order chi connectivity index (χ1) is 9.29. The summed E-state index contributed by atoms with van der Waals surface area (Å²) >= 11 is 0.